The molecule has 0 heterocycles. The van der Waals surface area contributed by atoms with E-state index in [9.17, 15) is 9.59 Å². The maximum atomic E-state index is 12.7. The summed E-state index contributed by atoms with van der Waals surface area (Å²) < 4.78 is 5.34. The van der Waals surface area contributed by atoms with E-state index in [1.165, 1.54) is 6.07 Å². The molecule has 0 aliphatic carbocycles. The lowest BCUT2D eigenvalue weighted by atomic mass is 9.98. The molecule has 29 heavy (non-hydrogen) atoms. The molecule has 148 valence electrons. The van der Waals surface area contributed by atoms with Crippen molar-refractivity contribution in [3.05, 3.63) is 101 Å². The number of carbonyl (C=O) groups is 2. The second kappa shape index (κ2) is 9.87. The molecule has 1 unspecified atom stereocenters. The number of anilines is 1. The summed E-state index contributed by atoms with van der Waals surface area (Å²) in [7, 11) is 0. The van der Waals surface area contributed by atoms with Crippen LogP contribution in [0.2, 0.25) is 5.02 Å². The monoisotopic (exact) mass is 408 g/mol. The van der Waals surface area contributed by atoms with Crippen LogP contribution >= 0.6 is 11.6 Å². The maximum Gasteiger partial charge on any atom is 0.338 e. The minimum atomic E-state index is -0.527. The van der Waals surface area contributed by atoms with Gasteiger partial charge in [-0.3, -0.25) is 4.79 Å². The number of hydrogen-bond donors (Lipinski definition) is 2. The molecule has 3 rings (SSSR count). The highest BCUT2D eigenvalue weighted by molar-refractivity contribution is 6.34. The molecule has 5 nitrogen and oxygen atoms in total. The topological polar surface area (TPSA) is 81.4 Å². The first kappa shape index (κ1) is 20.6. The minimum Gasteiger partial charge on any atom is -0.457 e. The van der Waals surface area contributed by atoms with Crippen molar-refractivity contribution in [3.8, 4) is 0 Å². The molecule has 1 amide bonds. The van der Waals surface area contributed by atoms with Gasteiger partial charge >= 0.3 is 5.97 Å². The van der Waals surface area contributed by atoms with E-state index >= 15 is 0 Å². The number of nitrogens with one attached hydrogen (secondary N) is 1. The fraction of sp³-hybridized carbons (Fsp3) is 0.130. The van der Waals surface area contributed by atoms with Gasteiger partial charge in [0.05, 0.1) is 22.2 Å². The predicted molar refractivity (Wildman–Crippen MR) is 114 cm³/mol. The quantitative estimate of drug-likeness (QED) is 0.568. The Morgan fingerprint density at radius 2 is 1.62 bits per heavy atom. The van der Waals surface area contributed by atoms with Crippen molar-refractivity contribution < 1.29 is 14.3 Å². The van der Waals surface area contributed by atoms with Crippen LogP contribution in [0, 0.1) is 0 Å². The maximum absolute atomic E-state index is 12.7. The van der Waals surface area contributed by atoms with E-state index in [0.29, 0.717) is 16.3 Å². The molecule has 3 aromatic rings. The molecule has 0 saturated carbocycles. The lowest BCUT2D eigenvalue weighted by Crippen LogP contribution is -2.27. The Morgan fingerprint density at radius 1 is 0.966 bits per heavy atom. The van der Waals surface area contributed by atoms with Crippen molar-refractivity contribution in [2.24, 2.45) is 5.73 Å². The smallest absolute Gasteiger partial charge is 0.338 e. The molecule has 0 bridgehead atoms. The molecule has 0 aliphatic rings. The highest BCUT2D eigenvalue weighted by Crippen LogP contribution is 2.26. The van der Waals surface area contributed by atoms with E-state index in [1.54, 1.807) is 12.1 Å². The van der Waals surface area contributed by atoms with Crippen molar-refractivity contribution in [2.45, 2.75) is 12.5 Å². The molecule has 0 aromatic heterocycles. The van der Waals surface area contributed by atoms with Crippen LogP contribution in [0.4, 0.5) is 5.69 Å². The molecule has 0 spiro atoms. The van der Waals surface area contributed by atoms with E-state index in [4.69, 9.17) is 22.1 Å². The van der Waals surface area contributed by atoms with Crippen LogP contribution in [-0.4, -0.2) is 18.4 Å². The number of amides is 1. The number of nitrogens with two attached hydrogens (primary N) is 1. The van der Waals surface area contributed by atoms with E-state index in [0.717, 1.165) is 11.1 Å². The third-order valence-electron chi connectivity index (χ3n) is 4.43. The summed E-state index contributed by atoms with van der Waals surface area (Å²) in [4.78, 5) is 25.1. The zero-order valence-electron chi connectivity index (χ0n) is 15.7. The van der Waals surface area contributed by atoms with Crippen LogP contribution in [0.15, 0.2) is 78.9 Å². The van der Waals surface area contributed by atoms with Gasteiger partial charge in [-0.2, -0.15) is 0 Å². The van der Waals surface area contributed by atoms with Crippen molar-refractivity contribution in [2.75, 3.05) is 11.9 Å². The molecule has 3 N–H and O–H groups in total. The average Bonchev–Trinajstić information content (AvgIpc) is 2.75. The Hall–Kier alpha value is -3.15. The number of ether oxygens (including phenoxy) is 1. The van der Waals surface area contributed by atoms with Gasteiger partial charge < -0.3 is 15.8 Å². The largest absolute Gasteiger partial charge is 0.457 e. The Kier molecular flexibility index (Phi) is 7.00. The van der Waals surface area contributed by atoms with Gasteiger partial charge in [-0.1, -0.05) is 72.3 Å². The Balaban J connectivity index is 1.71. The molecular formula is C23H21ClN2O3. The first-order valence-corrected chi connectivity index (χ1v) is 9.52. The molecular weight excluding hydrogens is 388 g/mol. The first-order chi connectivity index (χ1) is 14.1. The zero-order valence-corrected chi connectivity index (χ0v) is 16.4. The van der Waals surface area contributed by atoms with Crippen LogP contribution in [0.25, 0.3) is 0 Å². The van der Waals surface area contributed by atoms with Gasteiger partial charge in [-0.25, -0.2) is 4.79 Å². The number of hydrogen-bond acceptors (Lipinski definition) is 4. The lowest BCUT2D eigenvalue weighted by molar-refractivity contribution is -0.117. The average molecular weight is 409 g/mol. The summed E-state index contributed by atoms with van der Waals surface area (Å²) in [5.41, 5.74) is 8.13. The molecule has 6 heteroatoms. The second-order valence-corrected chi connectivity index (χ2v) is 6.85. The fourth-order valence-electron chi connectivity index (χ4n) is 2.85. The number of rotatable bonds is 7. The molecule has 0 radical (unpaired) electrons. The minimum absolute atomic E-state index is 0.145. The zero-order chi connectivity index (χ0) is 20.6. The van der Waals surface area contributed by atoms with Crippen molar-refractivity contribution in [1.82, 2.24) is 0 Å². The predicted octanol–water partition coefficient (Wildman–Crippen LogP) is 4.38. The standard InChI is InChI=1S/C23H21ClN2O3/c24-20-12-11-18(23(28)29-15-16-7-3-1-4-8-16)13-21(20)26-22(27)19(14-25)17-9-5-2-6-10-17/h1-13,19H,14-15,25H2,(H,26,27). The van der Waals surface area contributed by atoms with Crippen LogP contribution in [0.3, 0.4) is 0 Å². The first-order valence-electron chi connectivity index (χ1n) is 9.15. The number of benzene rings is 3. The summed E-state index contributed by atoms with van der Waals surface area (Å²) in [5, 5.41) is 3.09. The number of halogens is 1. The van der Waals surface area contributed by atoms with Gasteiger partial charge in [-0.15, -0.1) is 0 Å². The Labute approximate surface area is 174 Å². The summed E-state index contributed by atoms with van der Waals surface area (Å²) in [6, 6.07) is 23.3. The third-order valence-corrected chi connectivity index (χ3v) is 4.76. The van der Waals surface area contributed by atoms with E-state index in [2.05, 4.69) is 5.32 Å². The second-order valence-electron chi connectivity index (χ2n) is 6.44. The van der Waals surface area contributed by atoms with Gasteiger partial charge in [0.2, 0.25) is 5.91 Å². The molecule has 0 saturated heterocycles. The van der Waals surface area contributed by atoms with E-state index in [1.807, 2.05) is 60.7 Å². The van der Waals surface area contributed by atoms with Crippen LogP contribution in [-0.2, 0) is 16.1 Å². The van der Waals surface area contributed by atoms with Gasteiger partial charge in [0.1, 0.15) is 6.61 Å². The molecule has 1 atom stereocenters. The van der Waals surface area contributed by atoms with Crippen LogP contribution in [0.1, 0.15) is 27.4 Å². The Bertz CT molecular complexity index is 978. The highest BCUT2D eigenvalue weighted by atomic mass is 35.5. The summed E-state index contributed by atoms with van der Waals surface area (Å²) in [6.07, 6.45) is 0. The van der Waals surface area contributed by atoms with E-state index in [-0.39, 0.29) is 19.1 Å². The van der Waals surface area contributed by atoms with Crippen molar-refractivity contribution >= 4 is 29.2 Å². The fourth-order valence-corrected chi connectivity index (χ4v) is 3.02. The van der Waals surface area contributed by atoms with Crippen LogP contribution < -0.4 is 11.1 Å². The van der Waals surface area contributed by atoms with Gasteiger partial charge in [-0.05, 0) is 29.3 Å². The summed E-state index contributed by atoms with van der Waals surface area (Å²) >= 11 is 6.21. The highest BCUT2D eigenvalue weighted by Gasteiger charge is 2.20. The van der Waals surface area contributed by atoms with Gasteiger partial charge in [0.15, 0.2) is 0 Å². The SMILES string of the molecule is NCC(C(=O)Nc1cc(C(=O)OCc2ccccc2)ccc1Cl)c1ccccc1. The summed E-state index contributed by atoms with van der Waals surface area (Å²) in [5.74, 6) is -1.32. The molecule has 0 aliphatic heterocycles. The van der Waals surface area contributed by atoms with Crippen LogP contribution in [0.5, 0.6) is 0 Å². The summed E-state index contributed by atoms with van der Waals surface area (Å²) in [6.45, 7) is 0.305. The number of carbonyl (C=O) groups excluding carboxylic acids is 2. The van der Waals surface area contributed by atoms with Crippen molar-refractivity contribution in [1.29, 1.82) is 0 Å². The lowest BCUT2D eigenvalue weighted by Gasteiger charge is -2.16. The van der Waals surface area contributed by atoms with E-state index < -0.39 is 11.9 Å². The molecule has 3 aromatic carbocycles. The third kappa shape index (κ3) is 5.44. The normalized spacial score (nSPS) is 11.5. The van der Waals surface area contributed by atoms with Gasteiger partial charge in [0.25, 0.3) is 0 Å². The Morgan fingerprint density at radius 3 is 2.28 bits per heavy atom. The van der Waals surface area contributed by atoms with Crippen molar-refractivity contribution in [3.63, 3.8) is 0 Å². The number of esters is 1. The molecule has 0 fully saturated rings. The van der Waals surface area contributed by atoms with Gasteiger partial charge in [0, 0.05) is 6.54 Å².